The fourth-order valence-electron chi connectivity index (χ4n) is 4.76. The van der Waals surface area contributed by atoms with E-state index in [1.54, 1.807) is 7.11 Å². The number of piperidine rings is 1. The summed E-state index contributed by atoms with van der Waals surface area (Å²) in [5, 5.41) is 5.97. The van der Waals surface area contributed by atoms with Crippen molar-refractivity contribution in [2.45, 2.75) is 38.5 Å². The highest BCUT2D eigenvalue weighted by atomic mass is 32.1. The highest BCUT2D eigenvalue weighted by Crippen LogP contribution is 2.40. The second kappa shape index (κ2) is 10.7. The van der Waals surface area contributed by atoms with E-state index in [1.165, 1.54) is 11.3 Å². The van der Waals surface area contributed by atoms with E-state index in [9.17, 15) is 9.59 Å². The number of hydrogen-bond donors (Lipinski definition) is 1. The smallest absolute Gasteiger partial charge is 0.222 e. The largest absolute Gasteiger partial charge is 0.497 e. The fourth-order valence-corrected chi connectivity index (χ4v) is 5.76. The van der Waals surface area contributed by atoms with Crippen LogP contribution in [0.5, 0.6) is 5.75 Å². The predicted octanol–water partition coefficient (Wildman–Crippen LogP) is 4.82. The van der Waals surface area contributed by atoms with Crippen molar-refractivity contribution in [3.8, 4) is 5.75 Å². The van der Waals surface area contributed by atoms with Crippen molar-refractivity contribution in [2.75, 3.05) is 38.6 Å². The van der Waals surface area contributed by atoms with Gasteiger partial charge in [-0.25, -0.2) is 0 Å². The summed E-state index contributed by atoms with van der Waals surface area (Å²) in [4.78, 5) is 29.9. The molecule has 2 aromatic rings. The van der Waals surface area contributed by atoms with Crippen molar-refractivity contribution in [2.24, 2.45) is 5.41 Å². The third kappa shape index (κ3) is 5.92. The molecule has 176 valence electrons. The highest BCUT2D eigenvalue weighted by molar-refractivity contribution is 7.80. The first-order valence-electron chi connectivity index (χ1n) is 11.5. The van der Waals surface area contributed by atoms with Crippen LogP contribution in [0.4, 0.5) is 5.69 Å². The molecule has 1 spiro atoms. The second-order valence-corrected chi connectivity index (χ2v) is 10.3. The number of nitrogens with zero attached hydrogens (tertiary/aromatic N) is 2. The Bertz CT molecular complexity index is 985. The van der Waals surface area contributed by atoms with Crippen molar-refractivity contribution in [3.05, 3.63) is 46.7 Å². The molecule has 33 heavy (non-hydrogen) atoms. The van der Waals surface area contributed by atoms with E-state index in [0.717, 1.165) is 66.9 Å². The van der Waals surface area contributed by atoms with Crippen LogP contribution < -0.4 is 10.1 Å². The van der Waals surface area contributed by atoms with Gasteiger partial charge in [0.05, 0.1) is 12.0 Å². The summed E-state index contributed by atoms with van der Waals surface area (Å²) in [5.41, 5.74) is 1.12. The monoisotopic (exact) mass is 485 g/mol. The number of methoxy groups -OCH3 is 1. The molecule has 4 rings (SSSR count). The molecule has 1 N–H and O–H groups in total. The van der Waals surface area contributed by atoms with Crippen molar-refractivity contribution < 1.29 is 14.3 Å². The molecule has 1 aromatic carbocycles. The van der Waals surface area contributed by atoms with Gasteiger partial charge in [-0.3, -0.25) is 9.59 Å². The van der Waals surface area contributed by atoms with Gasteiger partial charge in [-0.1, -0.05) is 12.1 Å². The molecule has 1 amide bonds. The van der Waals surface area contributed by atoms with Gasteiger partial charge in [-0.15, -0.1) is 11.3 Å². The van der Waals surface area contributed by atoms with E-state index in [1.807, 2.05) is 46.7 Å². The molecule has 0 saturated carbocycles. The Labute approximate surface area is 204 Å². The minimum absolute atomic E-state index is 0.140. The van der Waals surface area contributed by atoms with Crippen molar-refractivity contribution in [3.63, 3.8) is 0 Å². The Morgan fingerprint density at radius 1 is 1.09 bits per heavy atom. The lowest BCUT2D eigenvalue weighted by Crippen LogP contribution is -2.46. The molecule has 0 unspecified atom stereocenters. The third-order valence-electron chi connectivity index (χ3n) is 6.81. The summed E-state index contributed by atoms with van der Waals surface area (Å²) in [6, 6.07) is 11.5. The van der Waals surface area contributed by atoms with Crippen LogP contribution in [-0.2, 0) is 4.79 Å². The number of nitrogens with one attached hydrogen (secondary N) is 1. The Morgan fingerprint density at radius 3 is 2.55 bits per heavy atom. The number of benzene rings is 1. The summed E-state index contributed by atoms with van der Waals surface area (Å²) in [6.07, 6.45) is 4.64. The maximum absolute atomic E-state index is 12.7. The number of rotatable bonds is 7. The van der Waals surface area contributed by atoms with Crippen molar-refractivity contribution in [1.82, 2.24) is 9.80 Å². The van der Waals surface area contributed by atoms with E-state index >= 15 is 0 Å². The van der Waals surface area contributed by atoms with E-state index < -0.39 is 0 Å². The number of anilines is 1. The van der Waals surface area contributed by atoms with Gasteiger partial charge in [0.1, 0.15) is 5.75 Å². The van der Waals surface area contributed by atoms with Crippen LogP contribution in [0.25, 0.3) is 0 Å². The maximum Gasteiger partial charge on any atom is 0.222 e. The molecule has 6 nitrogen and oxygen atoms in total. The molecule has 2 fully saturated rings. The van der Waals surface area contributed by atoms with Crippen LogP contribution in [0.2, 0.25) is 0 Å². The summed E-state index contributed by atoms with van der Waals surface area (Å²) < 4.78 is 5.28. The zero-order chi connectivity index (χ0) is 23.3. The topological polar surface area (TPSA) is 61.9 Å². The SMILES string of the molecule is COc1cccc(NC(=S)N2CCC3(CCN(C(=O)CCCC(=O)c4cccs4)C3)CC2)c1. The van der Waals surface area contributed by atoms with E-state index in [-0.39, 0.29) is 17.1 Å². The summed E-state index contributed by atoms with van der Waals surface area (Å²) in [5.74, 6) is 1.12. The lowest BCUT2D eigenvalue weighted by molar-refractivity contribution is -0.130. The minimum atomic E-state index is 0.140. The van der Waals surface area contributed by atoms with Crippen LogP contribution in [0, 0.1) is 5.41 Å². The van der Waals surface area contributed by atoms with Crippen molar-refractivity contribution in [1.29, 1.82) is 0 Å². The molecule has 2 saturated heterocycles. The molecule has 0 aliphatic carbocycles. The molecule has 2 aliphatic rings. The van der Waals surface area contributed by atoms with E-state index in [2.05, 4.69) is 10.2 Å². The number of thiocarbonyl (C=S) groups is 1. The van der Waals surface area contributed by atoms with Crippen LogP contribution in [0.15, 0.2) is 41.8 Å². The average molecular weight is 486 g/mol. The lowest BCUT2D eigenvalue weighted by atomic mass is 9.78. The summed E-state index contributed by atoms with van der Waals surface area (Å²) >= 11 is 7.11. The van der Waals surface area contributed by atoms with E-state index in [4.69, 9.17) is 17.0 Å². The Morgan fingerprint density at radius 2 is 1.85 bits per heavy atom. The van der Waals surface area contributed by atoms with Gasteiger partial charge in [0.25, 0.3) is 0 Å². The number of ether oxygens (including phenoxy) is 1. The molecule has 1 aromatic heterocycles. The zero-order valence-corrected chi connectivity index (χ0v) is 20.7. The van der Waals surface area contributed by atoms with Crippen LogP contribution in [0.1, 0.15) is 48.2 Å². The molecule has 0 bridgehead atoms. The Kier molecular flexibility index (Phi) is 7.65. The van der Waals surface area contributed by atoms with Gasteiger partial charge in [0.2, 0.25) is 5.91 Å². The number of carbonyl (C=O) groups is 2. The molecular formula is C25H31N3O3S2. The zero-order valence-electron chi connectivity index (χ0n) is 19.0. The van der Waals surface area contributed by atoms with Crippen LogP contribution in [0.3, 0.4) is 0 Å². The lowest BCUT2D eigenvalue weighted by Gasteiger charge is -2.40. The van der Waals surface area contributed by atoms with Gasteiger partial charge >= 0.3 is 0 Å². The minimum Gasteiger partial charge on any atom is -0.497 e. The number of likely N-dealkylation sites (tertiary alicyclic amines) is 2. The molecule has 8 heteroatoms. The molecular weight excluding hydrogens is 454 g/mol. The first-order valence-corrected chi connectivity index (χ1v) is 12.8. The quantitative estimate of drug-likeness (QED) is 0.448. The molecule has 3 heterocycles. The second-order valence-electron chi connectivity index (χ2n) is 8.97. The third-order valence-corrected chi connectivity index (χ3v) is 8.08. The molecule has 2 aliphatic heterocycles. The number of thiophene rings is 1. The number of hydrogen-bond acceptors (Lipinski definition) is 5. The number of amides is 1. The van der Waals surface area contributed by atoms with Gasteiger partial charge < -0.3 is 19.9 Å². The van der Waals surface area contributed by atoms with E-state index in [0.29, 0.717) is 19.3 Å². The molecule has 0 atom stereocenters. The number of Topliss-reactive ketones (excluding diaryl/α,β-unsaturated/α-hetero) is 1. The Hall–Kier alpha value is -2.45. The van der Waals surface area contributed by atoms with Gasteiger partial charge in [0.15, 0.2) is 10.9 Å². The first-order chi connectivity index (χ1) is 16.0. The van der Waals surface area contributed by atoms with Gasteiger partial charge in [0, 0.05) is 50.8 Å². The maximum atomic E-state index is 12.7. The summed E-state index contributed by atoms with van der Waals surface area (Å²) in [7, 11) is 1.65. The summed E-state index contributed by atoms with van der Waals surface area (Å²) in [6.45, 7) is 3.44. The average Bonchev–Trinajstić information content (AvgIpc) is 3.50. The fraction of sp³-hybridized carbons (Fsp3) is 0.480. The normalized spacial score (nSPS) is 17.2. The highest BCUT2D eigenvalue weighted by Gasteiger charge is 2.42. The predicted molar refractivity (Wildman–Crippen MR) is 136 cm³/mol. The number of carbonyl (C=O) groups excluding carboxylic acids is 2. The van der Waals surface area contributed by atoms with Crippen molar-refractivity contribution >= 4 is 46.0 Å². The molecule has 0 radical (unpaired) electrons. The number of ketones is 1. The van der Waals surface area contributed by atoms with Crippen LogP contribution in [-0.4, -0.2) is 59.9 Å². The Balaban J connectivity index is 1.21. The van der Waals surface area contributed by atoms with Gasteiger partial charge in [-0.05, 0) is 66.9 Å². The first kappa shape index (κ1) is 23.7. The van der Waals surface area contributed by atoms with Crippen LogP contribution >= 0.6 is 23.6 Å². The standard InChI is InChI=1S/C25H31N3O3S2/c1-31-20-6-2-5-19(17-20)26-24(32)27-13-10-25(11-14-27)12-15-28(18-25)23(30)9-3-7-21(29)22-8-4-16-33-22/h2,4-6,8,16-17H,3,7,9-15,18H2,1H3,(H,26,32). The van der Waals surface area contributed by atoms with Gasteiger partial charge in [-0.2, -0.15) is 0 Å².